The number of carbonyl (C=O) groups is 2. The predicted octanol–water partition coefficient (Wildman–Crippen LogP) is -2.22. The Morgan fingerprint density at radius 2 is 0.875 bits per heavy atom. The normalized spacial score (nSPS) is 26.6. The first-order valence-corrected chi connectivity index (χ1v) is 11.9. The van der Waals surface area contributed by atoms with Gasteiger partial charge in [0.1, 0.15) is 59.2 Å². The zero-order valence-electron chi connectivity index (χ0n) is 20.1. The molecule has 6 rings (SSSR count). The van der Waals surface area contributed by atoms with Crippen LogP contribution >= 0.6 is 0 Å². The molecule has 16 heteroatoms. The van der Waals surface area contributed by atoms with Gasteiger partial charge >= 0.3 is 0 Å². The van der Waals surface area contributed by atoms with E-state index in [9.17, 15) is 40.2 Å². The molecule has 8 bridgehead atoms. The van der Waals surface area contributed by atoms with E-state index in [1.165, 1.54) is 24.3 Å². The van der Waals surface area contributed by atoms with Crippen molar-refractivity contribution in [2.45, 2.75) is 36.6 Å². The molecule has 3 aromatic heterocycles. The molecule has 204 valence electrons. The van der Waals surface area contributed by atoms with Crippen molar-refractivity contribution in [2.75, 3.05) is 0 Å². The highest BCUT2D eigenvalue weighted by atomic mass is 16.4. The van der Waals surface area contributed by atoms with Crippen LogP contribution in [0, 0.1) is 0 Å². The maximum Gasteiger partial charge on any atom is 0.198 e. The van der Waals surface area contributed by atoms with Crippen molar-refractivity contribution in [1.82, 2.24) is 39.9 Å². The number of carbonyl (C=O) groups excluding carboxylic acids is 2. The number of aliphatic hydroxyl groups excluding tert-OH is 6. The Hall–Kier alpha value is -4.58. The van der Waals surface area contributed by atoms with E-state index in [1.54, 1.807) is 12.1 Å². The lowest BCUT2D eigenvalue weighted by atomic mass is 9.87. The summed E-state index contributed by atoms with van der Waals surface area (Å²) in [5, 5.41) is 62.5. The minimum absolute atomic E-state index is 0.0232. The average molecular weight is 548 g/mol. The van der Waals surface area contributed by atoms with Crippen molar-refractivity contribution in [3.8, 4) is 0 Å². The van der Waals surface area contributed by atoms with E-state index in [2.05, 4.69) is 39.9 Å². The second kappa shape index (κ2) is 9.56. The molecule has 0 saturated carbocycles. The molecular formula is C24H20N8O8. The fourth-order valence-corrected chi connectivity index (χ4v) is 4.41. The molecule has 3 aliphatic rings. The summed E-state index contributed by atoms with van der Waals surface area (Å²) in [4.78, 5) is 58.4. The first-order valence-electron chi connectivity index (χ1n) is 11.9. The highest BCUT2D eigenvalue weighted by Gasteiger charge is 2.45. The van der Waals surface area contributed by atoms with E-state index in [0.29, 0.717) is 11.3 Å². The second-order valence-electron chi connectivity index (χ2n) is 9.15. The largest absolute Gasteiger partial charge is 0.387 e. The number of aromatic nitrogens is 8. The Labute approximate surface area is 222 Å². The smallest absolute Gasteiger partial charge is 0.198 e. The molecule has 8 N–H and O–H groups in total. The number of hydrogen-bond donors (Lipinski definition) is 8. The molecule has 16 nitrogen and oxygen atoms in total. The van der Waals surface area contributed by atoms with Gasteiger partial charge in [0.25, 0.3) is 0 Å². The van der Waals surface area contributed by atoms with E-state index in [-0.39, 0.29) is 34.6 Å². The van der Waals surface area contributed by atoms with E-state index >= 15 is 0 Å². The number of aromatic amines is 2. The molecule has 2 aliphatic heterocycles. The van der Waals surface area contributed by atoms with Gasteiger partial charge < -0.3 is 40.6 Å². The van der Waals surface area contributed by atoms with Crippen LogP contribution < -0.4 is 0 Å². The van der Waals surface area contributed by atoms with Crippen LogP contribution in [0.5, 0.6) is 0 Å². The van der Waals surface area contributed by atoms with Gasteiger partial charge in [0, 0.05) is 0 Å². The van der Waals surface area contributed by atoms with Crippen LogP contribution in [-0.2, 0) is 0 Å². The molecule has 0 aromatic carbocycles. The topological polar surface area (TPSA) is 264 Å². The SMILES string of the molecule is O=C1c2c(c3nc4nc(nc5ccc(nc6nc(nc2[nH]3)C=C6)[nH]5)C=C4)C(=O)C(O)C(O)C(O)C(O)C(O)C1O. The molecule has 3 aromatic rings. The summed E-state index contributed by atoms with van der Waals surface area (Å²) in [5.74, 6) is -2.07. The third-order valence-electron chi connectivity index (χ3n) is 6.49. The van der Waals surface area contributed by atoms with Gasteiger partial charge in [-0.05, 0) is 36.4 Å². The highest BCUT2D eigenvalue weighted by molar-refractivity contribution is 6.19. The summed E-state index contributed by atoms with van der Waals surface area (Å²) < 4.78 is 0. The van der Waals surface area contributed by atoms with Crippen LogP contribution in [0.2, 0.25) is 0 Å². The van der Waals surface area contributed by atoms with Gasteiger partial charge in [-0.25, -0.2) is 29.9 Å². The summed E-state index contributed by atoms with van der Waals surface area (Å²) in [6.45, 7) is 0. The van der Waals surface area contributed by atoms with Crippen LogP contribution in [0.15, 0.2) is 12.1 Å². The minimum atomic E-state index is -2.38. The second-order valence-corrected chi connectivity index (χ2v) is 9.15. The van der Waals surface area contributed by atoms with Crippen molar-refractivity contribution in [3.63, 3.8) is 0 Å². The fraction of sp³-hybridized carbons (Fsp3) is 0.250. The number of rotatable bonds is 0. The lowest BCUT2D eigenvalue weighted by Gasteiger charge is -2.31. The Balaban J connectivity index is 1.71. The number of ketones is 2. The molecule has 1 aliphatic carbocycles. The molecule has 0 radical (unpaired) electrons. The molecule has 0 amide bonds. The number of Topliss-reactive ketones (excluding diaryl/α,β-unsaturated/α-hetero) is 2. The lowest BCUT2D eigenvalue weighted by molar-refractivity contribution is -0.142. The standard InChI is InChI=1S/C24H20N8O8/c33-15-13-14(16(34)18(36)20(38)22(40)21(39)19(37)17(15)35)24-31-12-6-4-10(29-12)27-8-2-1-7(25-8)26-9-3-5-11(28-9)30-23(13)32-24/h1-6,17-22,35-40H,(H2,25,26,27,28,29,30,31,32). The van der Waals surface area contributed by atoms with E-state index in [4.69, 9.17) is 0 Å². The summed E-state index contributed by atoms with van der Waals surface area (Å²) in [5.41, 5.74) is -1.05. The Bertz CT molecular complexity index is 1660. The molecule has 0 saturated heterocycles. The van der Waals surface area contributed by atoms with Gasteiger partial charge in [0.05, 0.1) is 11.1 Å². The Kier molecular flexibility index (Phi) is 6.14. The zero-order valence-corrected chi connectivity index (χ0v) is 20.1. The third kappa shape index (κ3) is 4.30. The maximum atomic E-state index is 13.5. The zero-order chi connectivity index (χ0) is 28.3. The van der Waals surface area contributed by atoms with Gasteiger partial charge in [-0.15, -0.1) is 0 Å². The van der Waals surface area contributed by atoms with E-state index in [1.807, 2.05) is 0 Å². The van der Waals surface area contributed by atoms with Crippen molar-refractivity contribution in [1.29, 1.82) is 0 Å². The quantitative estimate of drug-likeness (QED) is 0.102. The van der Waals surface area contributed by atoms with Crippen LogP contribution in [0.4, 0.5) is 0 Å². The predicted molar refractivity (Wildman–Crippen MR) is 135 cm³/mol. The van der Waals surface area contributed by atoms with E-state index in [0.717, 1.165) is 0 Å². The number of fused-ring (bicyclic) bond motifs is 11. The summed E-state index contributed by atoms with van der Waals surface area (Å²) in [6.07, 6.45) is -8.05. The van der Waals surface area contributed by atoms with Crippen LogP contribution in [0.1, 0.15) is 44.0 Å². The van der Waals surface area contributed by atoms with Crippen LogP contribution in [-0.4, -0.2) is 119 Å². The van der Waals surface area contributed by atoms with Crippen molar-refractivity contribution < 1.29 is 40.2 Å². The van der Waals surface area contributed by atoms with Crippen LogP contribution in [0.25, 0.3) is 46.9 Å². The lowest BCUT2D eigenvalue weighted by Crippen LogP contribution is -2.56. The number of nitrogens with one attached hydrogen (secondary N) is 2. The summed E-state index contributed by atoms with van der Waals surface area (Å²) in [6, 6.07) is 3.34. The molecule has 5 heterocycles. The van der Waals surface area contributed by atoms with Crippen molar-refractivity contribution in [3.05, 3.63) is 46.6 Å². The molecule has 0 spiro atoms. The van der Waals surface area contributed by atoms with Gasteiger partial charge in [-0.3, -0.25) is 9.59 Å². The number of hydrogen-bond acceptors (Lipinski definition) is 14. The number of aliphatic hydroxyl groups is 6. The first kappa shape index (κ1) is 25.7. The van der Waals surface area contributed by atoms with Gasteiger partial charge in [-0.1, -0.05) is 0 Å². The average Bonchev–Trinajstić information content (AvgIpc) is 3.74. The number of nitrogens with zero attached hydrogens (tertiary/aromatic N) is 6. The molecule has 0 fully saturated rings. The first-order chi connectivity index (χ1) is 19.1. The van der Waals surface area contributed by atoms with E-state index < -0.39 is 59.3 Å². The Morgan fingerprint density at radius 3 is 1.27 bits per heavy atom. The van der Waals surface area contributed by atoms with Gasteiger partial charge in [0.15, 0.2) is 34.9 Å². The maximum absolute atomic E-state index is 13.5. The van der Waals surface area contributed by atoms with Crippen LogP contribution in [0.3, 0.4) is 0 Å². The molecule has 6 unspecified atom stereocenters. The molecular weight excluding hydrogens is 528 g/mol. The fourth-order valence-electron chi connectivity index (χ4n) is 4.41. The van der Waals surface area contributed by atoms with Crippen molar-refractivity contribution >= 4 is 58.5 Å². The summed E-state index contributed by atoms with van der Waals surface area (Å²) >= 11 is 0. The molecule has 6 atom stereocenters. The monoisotopic (exact) mass is 548 g/mol. The number of H-pyrrole nitrogens is 2. The molecule has 40 heavy (non-hydrogen) atoms. The third-order valence-corrected chi connectivity index (χ3v) is 6.49. The summed E-state index contributed by atoms with van der Waals surface area (Å²) in [7, 11) is 0. The minimum Gasteiger partial charge on any atom is -0.387 e. The van der Waals surface area contributed by atoms with Gasteiger partial charge in [0.2, 0.25) is 0 Å². The highest BCUT2D eigenvalue weighted by Crippen LogP contribution is 2.27. The van der Waals surface area contributed by atoms with Crippen molar-refractivity contribution in [2.24, 2.45) is 0 Å². The van der Waals surface area contributed by atoms with Gasteiger partial charge in [-0.2, -0.15) is 0 Å². The Morgan fingerprint density at radius 1 is 0.500 bits per heavy atom.